The molecular weight excluding hydrogens is 362 g/mol. The van der Waals surface area contributed by atoms with Crippen molar-refractivity contribution in [3.05, 3.63) is 88.2 Å². The Bertz CT molecular complexity index is 985. The van der Waals surface area contributed by atoms with Crippen LogP contribution in [0.2, 0.25) is 0 Å². The van der Waals surface area contributed by atoms with Gasteiger partial charge < -0.3 is 4.74 Å². The van der Waals surface area contributed by atoms with E-state index in [0.29, 0.717) is 12.4 Å². The molecule has 3 aromatic rings. The van der Waals surface area contributed by atoms with Crippen LogP contribution >= 0.6 is 0 Å². The second-order valence-electron chi connectivity index (χ2n) is 5.79. The van der Waals surface area contributed by atoms with E-state index in [-0.39, 0.29) is 12.2 Å². The van der Waals surface area contributed by atoms with Crippen molar-refractivity contribution >= 4 is 17.8 Å². The molecule has 1 N–H and O–H groups in total. The average molecular weight is 379 g/mol. The third kappa shape index (κ3) is 5.49. The fourth-order valence-electron chi connectivity index (χ4n) is 2.32. The molecule has 0 fully saturated rings. The number of nitrogens with zero attached hydrogens (tertiary/aromatic N) is 4. The summed E-state index contributed by atoms with van der Waals surface area (Å²) >= 11 is 0. The van der Waals surface area contributed by atoms with E-state index in [9.17, 15) is 14.9 Å². The third-order valence-corrected chi connectivity index (χ3v) is 3.65. The number of amides is 1. The lowest BCUT2D eigenvalue weighted by atomic mass is 10.2. The highest BCUT2D eigenvalue weighted by Crippen LogP contribution is 2.14. The van der Waals surface area contributed by atoms with Crippen LogP contribution in [-0.2, 0) is 17.9 Å². The van der Waals surface area contributed by atoms with Gasteiger partial charge in [0.05, 0.1) is 11.1 Å². The predicted octanol–water partition coefficient (Wildman–Crippen LogP) is 2.52. The lowest BCUT2D eigenvalue weighted by Crippen LogP contribution is -2.23. The number of ether oxygens (including phenoxy) is 1. The standard InChI is InChI=1S/C19H17N5O4/c25-19(13-23-12-17(11-21-23)24(26)27)22-20-10-16-7-4-8-18(9-16)28-14-15-5-2-1-3-6-15/h1-12H,13-14H2,(H,22,25)/b20-10+. The van der Waals surface area contributed by atoms with Gasteiger partial charge in [0, 0.05) is 0 Å². The van der Waals surface area contributed by atoms with Gasteiger partial charge in [0.25, 0.3) is 5.91 Å². The van der Waals surface area contributed by atoms with E-state index >= 15 is 0 Å². The highest BCUT2D eigenvalue weighted by molar-refractivity contribution is 5.82. The minimum absolute atomic E-state index is 0.175. The molecule has 28 heavy (non-hydrogen) atoms. The molecule has 0 saturated heterocycles. The van der Waals surface area contributed by atoms with Gasteiger partial charge in [0.15, 0.2) is 0 Å². The van der Waals surface area contributed by atoms with E-state index < -0.39 is 10.8 Å². The van der Waals surface area contributed by atoms with E-state index in [2.05, 4.69) is 15.6 Å². The third-order valence-electron chi connectivity index (χ3n) is 3.65. The fraction of sp³-hybridized carbons (Fsp3) is 0.105. The number of nitrogens with one attached hydrogen (secondary N) is 1. The molecule has 0 radical (unpaired) electrons. The second-order valence-corrected chi connectivity index (χ2v) is 5.79. The van der Waals surface area contributed by atoms with Crippen LogP contribution in [0.4, 0.5) is 5.69 Å². The lowest BCUT2D eigenvalue weighted by molar-refractivity contribution is -0.385. The van der Waals surface area contributed by atoms with Crippen LogP contribution in [0.5, 0.6) is 5.75 Å². The molecule has 2 aromatic carbocycles. The van der Waals surface area contributed by atoms with Crippen molar-refractivity contribution in [3.63, 3.8) is 0 Å². The first-order valence-corrected chi connectivity index (χ1v) is 8.36. The summed E-state index contributed by atoms with van der Waals surface area (Å²) < 4.78 is 6.91. The van der Waals surface area contributed by atoms with E-state index in [1.54, 1.807) is 6.07 Å². The van der Waals surface area contributed by atoms with Gasteiger partial charge in [-0.25, -0.2) is 5.43 Å². The zero-order chi connectivity index (χ0) is 19.8. The fourth-order valence-corrected chi connectivity index (χ4v) is 2.32. The molecule has 0 aliphatic heterocycles. The monoisotopic (exact) mass is 379 g/mol. The molecule has 0 spiro atoms. The summed E-state index contributed by atoms with van der Waals surface area (Å²) in [5.74, 6) is 0.230. The summed E-state index contributed by atoms with van der Waals surface area (Å²) in [5.41, 5.74) is 3.99. The Morgan fingerprint density at radius 1 is 1.25 bits per heavy atom. The SMILES string of the molecule is O=C(Cn1cc([N+](=O)[O-])cn1)N/N=C/c1cccc(OCc2ccccc2)c1. The number of benzene rings is 2. The number of aromatic nitrogens is 2. The topological polar surface area (TPSA) is 112 Å². The molecule has 9 nitrogen and oxygen atoms in total. The maximum absolute atomic E-state index is 11.8. The van der Waals surface area contributed by atoms with Crippen LogP contribution in [0, 0.1) is 10.1 Å². The number of nitro groups is 1. The van der Waals surface area contributed by atoms with Gasteiger partial charge in [0.1, 0.15) is 31.3 Å². The number of rotatable bonds is 8. The summed E-state index contributed by atoms with van der Waals surface area (Å²) in [5, 5.41) is 18.2. The highest BCUT2D eigenvalue weighted by Gasteiger charge is 2.10. The zero-order valence-corrected chi connectivity index (χ0v) is 14.8. The van der Waals surface area contributed by atoms with Crippen LogP contribution in [0.1, 0.15) is 11.1 Å². The Morgan fingerprint density at radius 3 is 2.82 bits per heavy atom. The van der Waals surface area contributed by atoms with Crippen molar-refractivity contribution in [2.24, 2.45) is 5.10 Å². The average Bonchev–Trinajstić information content (AvgIpc) is 3.16. The molecule has 0 aliphatic carbocycles. The molecule has 1 heterocycles. The first kappa shape index (κ1) is 18.8. The van der Waals surface area contributed by atoms with Crippen molar-refractivity contribution in [2.45, 2.75) is 13.2 Å². The Balaban J connectivity index is 1.50. The largest absolute Gasteiger partial charge is 0.489 e. The normalized spacial score (nSPS) is 10.7. The first-order valence-electron chi connectivity index (χ1n) is 8.36. The van der Waals surface area contributed by atoms with E-state index in [1.807, 2.05) is 48.5 Å². The number of hydrogen-bond acceptors (Lipinski definition) is 6. The molecule has 0 bridgehead atoms. The first-order chi connectivity index (χ1) is 13.6. The number of hydrogen-bond donors (Lipinski definition) is 1. The van der Waals surface area contributed by atoms with Crippen molar-refractivity contribution in [2.75, 3.05) is 0 Å². The van der Waals surface area contributed by atoms with Crippen LogP contribution in [0.25, 0.3) is 0 Å². The zero-order valence-electron chi connectivity index (χ0n) is 14.8. The summed E-state index contributed by atoms with van der Waals surface area (Å²) in [6.45, 7) is 0.277. The van der Waals surface area contributed by atoms with Crippen molar-refractivity contribution in [1.82, 2.24) is 15.2 Å². The molecule has 3 rings (SSSR count). The Hall–Kier alpha value is -4.01. The van der Waals surface area contributed by atoms with E-state index in [1.165, 1.54) is 17.1 Å². The Labute approximate surface area is 160 Å². The lowest BCUT2D eigenvalue weighted by Gasteiger charge is -2.06. The Morgan fingerprint density at radius 2 is 2.07 bits per heavy atom. The molecular formula is C19H17N5O4. The van der Waals surface area contributed by atoms with Crippen LogP contribution in [-0.4, -0.2) is 26.8 Å². The van der Waals surface area contributed by atoms with Crippen molar-refractivity contribution in [3.8, 4) is 5.75 Å². The maximum Gasteiger partial charge on any atom is 0.307 e. The van der Waals surface area contributed by atoms with Gasteiger partial charge in [-0.2, -0.15) is 10.2 Å². The van der Waals surface area contributed by atoms with Crippen LogP contribution in [0.3, 0.4) is 0 Å². The molecule has 9 heteroatoms. The maximum atomic E-state index is 11.8. The van der Waals surface area contributed by atoms with Crippen molar-refractivity contribution in [1.29, 1.82) is 0 Å². The molecule has 0 unspecified atom stereocenters. The highest BCUT2D eigenvalue weighted by atomic mass is 16.6. The molecule has 1 amide bonds. The molecule has 142 valence electrons. The summed E-state index contributed by atoms with van der Waals surface area (Å²) in [6, 6.07) is 17.1. The van der Waals surface area contributed by atoms with Crippen molar-refractivity contribution < 1.29 is 14.5 Å². The molecule has 0 aliphatic rings. The summed E-state index contributed by atoms with van der Waals surface area (Å²) in [7, 11) is 0. The van der Waals surface area contributed by atoms with Crippen LogP contribution < -0.4 is 10.2 Å². The number of hydrazone groups is 1. The number of carbonyl (C=O) groups excluding carboxylic acids is 1. The second kappa shape index (κ2) is 9.08. The van der Waals surface area contributed by atoms with Gasteiger partial charge in [-0.3, -0.25) is 19.6 Å². The van der Waals surface area contributed by atoms with Gasteiger partial charge in [-0.05, 0) is 23.3 Å². The molecule has 0 atom stereocenters. The minimum Gasteiger partial charge on any atom is -0.489 e. The van der Waals surface area contributed by atoms with Gasteiger partial charge in [-0.1, -0.05) is 42.5 Å². The van der Waals surface area contributed by atoms with Gasteiger partial charge >= 0.3 is 5.69 Å². The molecule has 1 aromatic heterocycles. The number of carbonyl (C=O) groups is 1. The smallest absolute Gasteiger partial charge is 0.307 e. The van der Waals surface area contributed by atoms with Crippen LogP contribution in [0.15, 0.2) is 72.1 Å². The van der Waals surface area contributed by atoms with Gasteiger partial charge in [0.2, 0.25) is 0 Å². The molecule has 0 saturated carbocycles. The predicted molar refractivity (Wildman–Crippen MR) is 102 cm³/mol. The summed E-state index contributed by atoms with van der Waals surface area (Å²) in [6.07, 6.45) is 3.74. The van der Waals surface area contributed by atoms with Gasteiger partial charge in [-0.15, -0.1) is 0 Å². The summed E-state index contributed by atoms with van der Waals surface area (Å²) in [4.78, 5) is 21.9. The Kier molecular flexibility index (Phi) is 6.09. The van der Waals surface area contributed by atoms with E-state index in [4.69, 9.17) is 4.74 Å². The van der Waals surface area contributed by atoms with E-state index in [0.717, 1.165) is 17.3 Å². The quantitative estimate of drug-likeness (QED) is 0.367. The minimum atomic E-state index is -0.577.